The zero-order chi connectivity index (χ0) is 13.2. The Morgan fingerprint density at radius 1 is 1.35 bits per heavy atom. The summed E-state index contributed by atoms with van der Waals surface area (Å²) in [5, 5.41) is 12.6. The number of nitrogens with one attached hydrogen (secondary N) is 1. The Balaban J connectivity index is 2.95. The average Bonchev–Trinajstić information content (AvgIpc) is 2.19. The normalized spacial score (nSPS) is 11.1. The molecule has 0 aliphatic rings. The third-order valence-electron chi connectivity index (χ3n) is 1.67. The molecule has 5 nitrogen and oxygen atoms in total. The van der Waals surface area contributed by atoms with Gasteiger partial charge in [0.05, 0.1) is 15.6 Å². The second-order valence-electron chi connectivity index (χ2n) is 2.87. The maximum Gasteiger partial charge on any atom is 0.276 e. The topological polar surface area (TPSA) is 72.2 Å². The van der Waals surface area contributed by atoms with E-state index in [-0.39, 0.29) is 16.4 Å². The molecule has 0 radical (unpaired) electrons. The number of anilines is 1. The number of carbonyl (C=O) groups excluding carboxylic acids is 1. The molecule has 1 rings (SSSR count). The minimum Gasteiger partial charge on any atom is -0.321 e. The lowest BCUT2D eigenvalue weighted by Crippen LogP contribution is -2.27. The van der Waals surface area contributed by atoms with Gasteiger partial charge >= 0.3 is 0 Å². The Bertz CT molecular complexity index is 472. The Kier molecular flexibility index (Phi) is 4.43. The first kappa shape index (κ1) is 14.3. The van der Waals surface area contributed by atoms with Gasteiger partial charge in [-0.1, -0.05) is 46.4 Å². The second kappa shape index (κ2) is 5.27. The number of hydrogen-bond donors (Lipinski definition) is 1. The molecule has 0 atom stereocenters. The van der Waals surface area contributed by atoms with Crippen LogP contribution < -0.4 is 5.32 Å². The Labute approximate surface area is 116 Å². The van der Waals surface area contributed by atoms with Crippen LogP contribution in [0, 0.1) is 10.1 Å². The summed E-state index contributed by atoms with van der Waals surface area (Å²) in [6.45, 7) is 0. The highest BCUT2D eigenvalue weighted by Crippen LogP contribution is 2.31. The molecule has 0 spiro atoms. The lowest BCUT2D eigenvalue weighted by molar-refractivity contribution is -0.384. The fourth-order valence-electron chi connectivity index (χ4n) is 0.912. The lowest BCUT2D eigenvalue weighted by Gasteiger charge is -2.12. The molecule has 0 heterocycles. The molecule has 1 aromatic carbocycles. The minimum absolute atomic E-state index is 0.0261. The van der Waals surface area contributed by atoms with Crippen LogP contribution in [0.25, 0.3) is 0 Å². The first-order chi connectivity index (χ1) is 7.71. The fraction of sp³-hybridized carbons (Fsp3) is 0.125. The molecule has 9 heteroatoms. The van der Waals surface area contributed by atoms with Crippen molar-refractivity contribution in [2.24, 2.45) is 0 Å². The number of non-ortho nitro benzene ring substituents is 1. The Morgan fingerprint density at radius 3 is 2.35 bits per heavy atom. The van der Waals surface area contributed by atoms with Gasteiger partial charge in [-0.25, -0.2) is 0 Å². The van der Waals surface area contributed by atoms with Gasteiger partial charge in [-0.3, -0.25) is 14.9 Å². The molecule has 0 bridgehead atoms. The third-order valence-corrected chi connectivity index (χ3v) is 2.50. The molecule has 1 amide bonds. The fourth-order valence-corrected chi connectivity index (χ4v) is 1.28. The molecule has 0 aliphatic heterocycles. The van der Waals surface area contributed by atoms with Gasteiger partial charge in [0.15, 0.2) is 0 Å². The summed E-state index contributed by atoms with van der Waals surface area (Å²) in [5.74, 6) is -0.904. The highest BCUT2D eigenvalue weighted by atomic mass is 35.6. The van der Waals surface area contributed by atoms with Crippen LogP contribution in [-0.2, 0) is 4.79 Å². The molecule has 0 fully saturated rings. The molecule has 0 saturated carbocycles. The van der Waals surface area contributed by atoms with Crippen molar-refractivity contribution in [3.05, 3.63) is 33.3 Å². The number of nitrogens with zero attached hydrogens (tertiary/aromatic N) is 1. The van der Waals surface area contributed by atoms with Crippen LogP contribution in [0.15, 0.2) is 18.2 Å². The van der Waals surface area contributed by atoms with Crippen LogP contribution in [0.3, 0.4) is 0 Å². The van der Waals surface area contributed by atoms with Crippen molar-refractivity contribution in [3.63, 3.8) is 0 Å². The van der Waals surface area contributed by atoms with Crippen molar-refractivity contribution in [1.82, 2.24) is 0 Å². The maximum atomic E-state index is 11.3. The molecule has 1 aromatic rings. The van der Waals surface area contributed by atoms with E-state index in [2.05, 4.69) is 5.32 Å². The monoisotopic (exact) mass is 316 g/mol. The van der Waals surface area contributed by atoms with Gasteiger partial charge in [0.1, 0.15) is 0 Å². The number of benzene rings is 1. The first-order valence-electron chi connectivity index (χ1n) is 4.04. The molecular formula is C8H4Cl4N2O3. The van der Waals surface area contributed by atoms with Crippen LogP contribution in [0.5, 0.6) is 0 Å². The van der Waals surface area contributed by atoms with Gasteiger partial charge in [0.2, 0.25) is 0 Å². The third kappa shape index (κ3) is 3.89. The van der Waals surface area contributed by atoms with E-state index >= 15 is 0 Å². The van der Waals surface area contributed by atoms with Crippen LogP contribution in [0.1, 0.15) is 0 Å². The van der Waals surface area contributed by atoms with Crippen LogP contribution in [0.4, 0.5) is 11.4 Å². The largest absolute Gasteiger partial charge is 0.321 e. The number of nitro benzene ring substituents is 1. The molecule has 0 aliphatic carbocycles. The number of rotatable bonds is 2. The van der Waals surface area contributed by atoms with Crippen molar-refractivity contribution < 1.29 is 9.72 Å². The number of alkyl halides is 3. The van der Waals surface area contributed by atoms with E-state index in [4.69, 9.17) is 46.4 Å². The first-order valence-corrected chi connectivity index (χ1v) is 5.55. The number of hydrogen-bond acceptors (Lipinski definition) is 3. The van der Waals surface area contributed by atoms with E-state index < -0.39 is 14.6 Å². The number of halogens is 4. The van der Waals surface area contributed by atoms with Crippen molar-refractivity contribution in [1.29, 1.82) is 0 Å². The number of nitro groups is 1. The van der Waals surface area contributed by atoms with E-state index in [0.29, 0.717) is 0 Å². The highest BCUT2D eigenvalue weighted by molar-refractivity contribution is 6.76. The van der Waals surface area contributed by atoms with Crippen LogP contribution in [-0.4, -0.2) is 14.6 Å². The molecule has 92 valence electrons. The van der Waals surface area contributed by atoms with Gasteiger partial charge in [-0.15, -0.1) is 0 Å². The Hall–Kier alpha value is -0.750. The highest BCUT2D eigenvalue weighted by Gasteiger charge is 2.31. The van der Waals surface area contributed by atoms with Crippen molar-refractivity contribution >= 4 is 63.7 Å². The summed E-state index contributed by atoms with van der Waals surface area (Å²) in [6.07, 6.45) is 0. The summed E-state index contributed by atoms with van der Waals surface area (Å²) in [5.41, 5.74) is -0.0875. The average molecular weight is 318 g/mol. The molecule has 1 N–H and O–H groups in total. The summed E-state index contributed by atoms with van der Waals surface area (Å²) < 4.78 is -2.13. The second-order valence-corrected chi connectivity index (χ2v) is 5.56. The molecular weight excluding hydrogens is 314 g/mol. The zero-order valence-electron chi connectivity index (χ0n) is 7.92. The van der Waals surface area contributed by atoms with E-state index in [9.17, 15) is 14.9 Å². The van der Waals surface area contributed by atoms with E-state index in [1.165, 1.54) is 12.1 Å². The predicted molar refractivity (Wildman–Crippen MR) is 67.0 cm³/mol. The van der Waals surface area contributed by atoms with E-state index in [1.54, 1.807) is 0 Å². The molecule has 0 unspecified atom stereocenters. The predicted octanol–water partition coefficient (Wildman–Crippen LogP) is 3.56. The summed E-state index contributed by atoms with van der Waals surface area (Å²) in [6, 6.07) is 3.49. The van der Waals surface area contributed by atoms with Crippen LogP contribution in [0.2, 0.25) is 5.02 Å². The zero-order valence-corrected chi connectivity index (χ0v) is 10.9. The van der Waals surface area contributed by atoms with Gasteiger partial charge in [-0.05, 0) is 6.07 Å². The molecule has 0 saturated heterocycles. The van der Waals surface area contributed by atoms with E-state index in [0.717, 1.165) is 6.07 Å². The standard InChI is InChI=1S/C8H4Cl4N2O3/c9-5-3-4(14(16)17)1-2-6(5)13-7(15)8(10,11)12/h1-3H,(H,13,15). The van der Waals surface area contributed by atoms with Crippen molar-refractivity contribution in [2.45, 2.75) is 3.79 Å². The van der Waals surface area contributed by atoms with Crippen molar-refractivity contribution in [2.75, 3.05) is 5.32 Å². The van der Waals surface area contributed by atoms with E-state index in [1.807, 2.05) is 0 Å². The Morgan fingerprint density at radius 2 is 1.94 bits per heavy atom. The van der Waals surface area contributed by atoms with Gasteiger partial charge < -0.3 is 5.32 Å². The molecule has 0 aromatic heterocycles. The quantitative estimate of drug-likeness (QED) is 0.515. The number of carbonyl (C=O) groups is 1. The van der Waals surface area contributed by atoms with Gasteiger partial charge in [0, 0.05) is 12.1 Å². The van der Waals surface area contributed by atoms with Crippen molar-refractivity contribution in [3.8, 4) is 0 Å². The SMILES string of the molecule is O=C(Nc1ccc([N+](=O)[O-])cc1Cl)C(Cl)(Cl)Cl. The lowest BCUT2D eigenvalue weighted by atomic mass is 10.3. The number of amides is 1. The van der Waals surface area contributed by atoms with Gasteiger partial charge in [-0.2, -0.15) is 0 Å². The molecule has 17 heavy (non-hydrogen) atoms. The summed E-state index contributed by atoms with van der Waals surface area (Å²) in [4.78, 5) is 21.1. The smallest absolute Gasteiger partial charge is 0.276 e. The van der Waals surface area contributed by atoms with Crippen LogP contribution >= 0.6 is 46.4 Å². The minimum atomic E-state index is -2.13. The summed E-state index contributed by atoms with van der Waals surface area (Å²) in [7, 11) is 0. The maximum absolute atomic E-state index is 11.3. The summed E-state index contributed by atoms with van der Waals surface area (Å²) >= 11 is 21.7. The van der Waals surface area contributed by atoms with Gasteiger partial charge in [0.25, 0.3) is 15.4 Å².